The number of pyridine rings is 1. The van der Waals surface area contributed by atoms with Gasteiger partial charge in [0.2, 0.25) is 0 Å². The lowest BCUT2D eigenvalue weighted by Crippen LogP contribution is -1.74. The molecular formula is C8H8N2S. The molecule has 0 unspecified atom stereocenters. The Balaban J connectivity index is 2.82. The van der Waals surface area contributed by atoms with Crippen LogP contribution in [0.4, 0.5) is 5.00 Å². The predicted molar refractivity (Wildman–Crippen MR) is 48.8 cm³/mol. The van der Waals surface area contributed by atoms with Crippen LogP contribution in [0.2, 0.25) is 0 Å². The van der Waals surface area contributed by atoms with Gasteiger partial charge in [0, 0.05) is 11.6 Å². The smallest absolute Gasteiger partial charge is 0.125 e. The molecule has 0 spiro atoms. The van der Waals surface area contributed by atoms with Gasteiger partial charge in [0.15, 0.2) is 0 Å². The molecule has 2 heterocycles. The number of nitrogen functional groups attached to an aromatic ring is 1. The fraction of sp³-hybridized carbons (Fsp3) is 0.125. The van der Waals surface area contributed by atoms with Crippen LogP contribution in [-0.2, 0) is 0 Å². The standard InChI is InChI=1S/C8H8N2S/c1-5-2-6-3-7(9)11-8(6)10-4-5/h2-4H,9H2,1H3. The summed E-state index contributed by atoms with van der Waals surface area (Å²) < 4.78 is 0. The van der Waals surface area contributed by atoms with E-state index in [0.29, 0.717) is 0 Å². The number of thiophene rings is 1. The van der Waals surface area contributed by atoms with E-state index < -0.39 is 0 Å². The zero-order chi connectivity index (χ0) is 7.84. The van der Waals surface area contributed by atoms with Crippen molar-refractivity contribution in [3.05, 3.63) is 23.9 Å². The number of rotatable bonds is 0. The van der Waals surface area contributed by atoms with Crippen LogP contribution >= 0.6 is 11.3 Å². The summed E-state index contributed by atoms with van der Waals surface area (Å²) in [5, 5.41) is 1.98. The van der Waals surface area contributed by atoms with Gasteiger partial charge in [-0.25, -0.2) is 4.98 Å². The number of nitrogens with two attached hydrogens (primary N) is 1. The van der Waals surface area contributed by atoms with Gasteiger partial charge in [-0.15, -0.1) is 0 Å². The SMILES string of the molecule is Cc1cnc2sc(N)cc2c1. The summed E-state index contributed by atoms with van der Waals surface area (Å²) in [4.78, 5) is 5.26. The van der Waals surface area contributed by atoms with E-state index >= 15 is 0 Å². The van der Waals surface area contributed by atoms with E-state index in [1.807, 2.05) is 19.2 Å². The first-order valence-electron chi connectivity index (χ1n) is 3.37. The van der Waals surface area contributed by atoms with Crippen LogP contribution in [0.1, 0.15) is 5.56 Å². The van der Waals surface area contributed by atoms with Crippen molar-refractivity contribution >= 4 is 26.6 Å². The largest absolute Gasteiger partial charge is 0.391 e. The molecule has 0 atom stereocenters. The molecule has 11 heavy (non-hydrogen) atoms. The van der Waals surface area contributed by atoms with Crippen LogP contribution in [0.5, 0.6) is 0 Å². The summed E-state index contributed by atoms with van der Waals surface area (Å²) in [5.74, 6) is 0. The highest BCUT2D eigenvalue weighted by atomic mass is 32.1. The van der Waals surface area contributed by atoms with Crippen LogP contribution < -0.4 is 5.73 Å². The third kappa shape index (κ3) is 1.07. The van der Waals surface area contributed by atoms with Crippen LogP contribution in [0.25, 0.3) is 10.2 Å². The quantitative estimate of drug-likeness (QED) is 0.648. The zero-order valence-corrected chi connectivity index (χ0v) is 6.98. The number of aryl methyl sites for hydroxylation is 1. The number of anilines is 1. The Morgan fingerprint density at radius 1 is 1.45 bits per heavy atom. The molecular weight excluding hydrogens is 156 g/mol. The molecule has 0 amide bonds. The molecule has 2 rings (SSSR count). The minimum atomic E-state index is 0.832. The highest BCUT2D eigenvalue weighted by molar-refractivity contribution is 7.22. The van der Waals surface area contributed by atoms with Crippen molar-refractivity contribution in [2.75, 3.05) is 5.73 Å². The average molecular weight is 164 g/mol. The van der Waals surface area contributed by atoms with Crippen molar-refractivity contribution in [1.82, 2.24) is 4.98 Å². The van der Waals surface area contributed by atoms with Crippen LogP contribution in [0.3, 0.4) is 0 Å². The Kier molecular flexibility index (Phi) is 1.32. The summed E-state index contributed by atoms with van der Waals surface area (Å²) >= 11 is 1.53. The lowest BCUT2D eigenvalue weighted by atomic mass is 10.2. The maximum atomic E-state index is 5.62. The van der Waals surface area contributed by atoms with E-state index in [4.69, 9.17) is 5.73 Å². The third-order valence-corrected chi connectivity index (χ3v) is 2.42. The van der Waals surface area contributed by atoms with Crippen molar-refractivity contribution in [1.29, 1.82) is 0 Å². The van der Waals surface area contributed by atoms with Gasteiger partial charge in [-0.1, -0.05) is 11.3 Å². The summed E-state index contributed by atoms with van der Waals surface area (Å²) in [7, 11) is 0. The minimum absolute atomic E-state index is 0.832. The lowest BCUT2D eigenvalue weighted by Gasteiger charge is -1.88. The van der Waals surface area contributed by atoms with E-state index in [9.17, 15) is 0 Å². The molecule has 2 aromatic heterocycles. The average Bonchev–Trinajstić information content (AvgIpc) is 2.27. The first-order chi connectivity index (χ1) is 5.25. The van der Waals surface area contributed by atoms with Gasteiger partial charge in [0.25, 0.3) is 0 Å². The number of hydrogen-bond acceptors (Lipinski definition) is 3. The van der Waals surface area contributed by atoms with Gasteiger partial charge < -0.3 is 5.73 Å². The van der Waals surface area contributed by atoms with Crippen LogP contribution in [0, 0.1) is 6.92 Å². The maximum Gasteiger partial charge on any atom is 0.125 e. The highest BCUT2D eigenvalue weighted by Crippen LogP contribution is 2.25. The van der Waals surface area contributed by atoms with Crippen molar-refractivity contribution in [3.8, 4) is 0 Å². The zero-order valence-electron chi connectivity index (χ0n) is 6.16. The molecule has 0 aliphatic carbocycles. The molecule has 0 bridgehead atoms. The van der Waals surface area contributed by atoms with Gasteiger partial charge in [-0.2, -0.15) is 0 Å². The molecule has 0 saturated carbocycles. The van der Waals surface area contributed by atoms with Crippen molar-refractivity contribution in [3.63, 3.8) is 0 Å². The topological polar surface area (TPSA) is 38.9 Å². The Morgan fingerprint density at radius 2 is 2.27 bits per heavy atom. The highest BCUT2D eigenvalue weighted by Gasteiger charge is 1.98. The van der Waals surface area contributed by atoms with E-state index in [1.54, 1.807) is 0 Å². The molecule has 2 aromatic rings. The number of hydrogen-bond donors (Lipinski definition) is 1. The van der Waals surface area contributed by atoms with Gasteiger partial charge in [0.05, 0.1) is 5.00 Å². The monoisotopic (exact) mass is 164 g/mol. The van der Waals surface area contributed by atoms with Gasteiger partial charge in [-0.05, 0) is 24.6 Å². The Hall–Kier alpha value is -1.09. The van der Waals surface area contributed by atoms with E-state index in [1.165, 1.54) is 16.9 Å². The Morgan fingerprint density at radius 3 is 3.09 bits per heavy atom. The summed E-state index contributed by atoms with van der Waals surface area (Å²) in [5.41, 5.74) is 6.80. The van der Waals surface area contributed by atoms with Crippen LogP contribution in [-0.4, -0.2) is 4.98 Å². The molecule has 0 radical (unpaired) electrons. The second-order valence-corrected chi connectivity index (χ2v) is 3.62. The second kappa shape index (κ2) is 2.20. The second-order valence-electron chi connectivity index (χ2n) is 2.56. The van der Waals surface area contributed by atoms with Gasteiger partial charge in [-0.3, -0.25) is 0 Å². The first kappa shape index (κ1) is 6.61. The van der Waals surface area contributed by atoms with Gasteiger partial charge >= 0.3 is 0 Å². The fourth-order valence-electron chi connectivity index (χ4n) is 1.06. The normalized spacial score (nSPS) is 10.6. The fourth-order valence-corrected chi connectivity index (χ4v) is 1.81. The molecule has 0 aliphatic heterocycles. The minimum Gasteiger partial charge on any atom is -0.391 e. The molecule has 0 aliphatic rings. The Bertz CT molecular complexity index is 392. The molecule has 0 saturated heterocycles. The Labute approximate surface area is 68.7 Å². The number of fused-ring (bicyclic) bond motifs is 1. The molecule has 2 N–H and O–H groups in total. The predicted octanol–water partition coefficient (Wildman–Crippen LogP) is 2.19. The molecule has 3 heteroatoms. The van der Waals surface area contributed by atoms with Crippen molar-refractivity contribution < 1.29 is 0 Å². The third-order valence-electron chi connectivity index (χ3n) is 1.53. The molecule has 0 fully saturated rings. The van der Waals surface area contributed by atoms with Crippen LogP contribution in [0.15, 0.2) is 18.3 Å². The maximum absolute atomic E-state index is 5.62. The summed E-state index contributed by atoms with van der Waals surface area (Å²) in [6.07, 6.45) is 1.86. The van der Waals surface area contributed by atoms with E-state index in [2.05, 4.69) is 11.1 Å². The first-order valence-corrected chi connectivity index (χ1v) is 4.19. The molecule has 0 aromatic carbocycles. The summed E-state index contributed by atoms with van der Waals surface area (Å²) in [6.45, 7) is 2.03. The summed E-state index contributed by atoms with van der Waals surface area (Å²) in [6, 6.07) is 4.05. The number of nitrogens with zero attached hydrogens (tertiary/aromatic N) is 1. The molecule has 56 valence electrons. The lowest BCUT2D eigenvalue weighted by molar-refractivity contribution is 1.35. The van der Waals surface area contributed by atoms with E-state index in [0.717, 1.165) is 15.2 Å². The van der Waals surface area contributed by atoms with Crippen molar-refractivity contribution in [2.45, 2.75) is 6.92 Å². The van der Waals surface area contributed by atoms with Crippen molar-refractivity contribution in [2.24, 2.45) is 0 Å². The number of aromatic nitrogens is 1. The van der Waals surface area contributed by atoms with Gasteiger partial charge in [0.1, 0.15) is 4.83 Å². The van der Waals surface area contributed by atoms with E-state index in [-0.39, 0.29) is 0 Å². The molecule has 2 nitrogen and oxygen atoms in total.